The third-order valence-electron chi connectivity index (χ3n) is 2.56. The van der Waals surface area contributed by atoms with Gasteiger partial charge in [-0.25, -0.2) is 13.8 Å². The molecule has 100 valence electrons. The lowest BCUT2D eigenvalue weighted by Gasteiger charge is -2.16. The van der Waals surface area contributed by atoms with Crippen LogP contribution in [0, 0.1) is 11.6 Å². The largest absolute Gasteiger partial charge is 0.394 e. The van der Waals surface area contributed by atoms with E-state index in [1.807, 2.05) is 0 Å². The maximum atomic E-state index is 13.3. The van der Waals surface area contributed by atoms with Crippen LogP contribution < -0.4 is 5.73 Å². The lowest BCUT2D eigenvalue weighted by molar-refractivity contribution is 0.0782. The Kier molecular flexibility index (Phi) is 3.75. The molecule has 0 unspecified atom stereocenters. The van der Waals surface area contributed by atoms with Crippen molar-refractivity contribution >= 4 is 22.9 Å². The summed E-state index contributed by atoms with van der Waals surface area (Å²) in [6.45, 7) is 0.274. The zero-order chi connectivity index (χ0) is 14.0. The SMILES string of the molecule is CN(Cc1cscn1)C(=O)c1cc(F)c(N)c(F)c1. The van der Waals surface area contributed by atoms with Gasteiger partial charge in [-0.15, -0.1) is 11.3 Å². The van der Waals surface area contributed by atoms with Crippen LogP contribution in [0.2, 0.25) is 0 Å². The van der Waals surface area contributed by atoms with Gasteiger partial charge in [0.2, 0.25) is 0 Å². The van der Waals surface area contributed by atoms with Gasteiger partial charge >= 0.3 is 0 Å². The molecule has 1 amide bonds. The van der Waals surface area contributed by atoms with Crippen molar-refractivity contribution in [1.82, 2.24) is 9.88 Å². The summed E-state index contributed by atoms with van der Waals surface area (Å²) < 4.78 is 26.6. The molecule has 0 spiro atoms. The molecule has 0 bridgehead atoms. The van der Waals surface area contributed by atoms with E-state index in [1.54, 1.807) is 10.9 Å². The molecule has 0 atom stereocenters. The molecule has 0 radical (unpaired) electrons. The van der Waals surface area contributed by atoms with Crippen molar-refractivity contribution in [3.8, 4) is 0 Å². The summed E-state index contributed by atoms with van der Waals surface area (Å²) in [7, 11) is 1.54. The second kappa shape index (κ2) is 5.31. The molecule has 2 rings (SSSR count). The van der Waals surface area contributed by atoms with Crippen molar-refractivity contribution in [2.75, 3.05) is 12.8 Å². The zero-order valence-corrected chi connectivity index (χ0v) is 10.9. The van der Waals surface area contributed by atoms with E-state index in [2.05, 4.69) is 4.98 Å². The Hall–Kier alpha value is -2.02. The molecule has 0 aliphatic heterocycles. The maximum Gasteiger partial charge on any atom is 0.254 e. The lowest BCUT2D eigenvalue weighted by Crippen LogP contribution is -2.26. The van der Waals surface area contributed by atoms with Gasteiger partial charge < -0.3 is 10.6 Å². The minimum Gasteiger partial charge on any atom is -0.394 e. The highest BCUT2D eigenvalue weighted by Gasteiger charge is 2.17. The van der Waals surface area contributed by atoms with Crippen LogP contribution in [0.1, 0.15) is 16.1 Å². The summed E-state index contributed by atoms with van der Waals surface area (Å²) in [5, 5.41) is 1.80. The Morgan fingerprint density at radius 1 is 1.42 bits per heavy atom. The van der Waals surface area contributed by atoms with E-state index in [9.17, 15) is 13.6 Å². The zero-order valence-electron chi connectivity index (χ0n) is 10.1. The molecule has 0 fully saturated rings. The second-order valence-corrected chi connectivity index (χ2v) is 4.71. The Morgan fingerprint density at radius 2 is 2.05 bits per heavy atom. The number of anilines is 1. The van der Waals surface area contributed by atoms with Crippen molar-refractivity contribution in [2.24, 2.45) is 0 Å². The number of hydrogen-bond donors (Lipinski definition) is 1. The number of nitrogen functional groups attached to an aromatic ring is 1. The number of rotatable bonds is 3. The molecule has 1 heterocycles. The number of thiazole rings is 1. The summed E-state index contributed by atoms with van der Waals surface area (Å²) in [5.74, 6) is -2.37. The number of carbonyl (C=O) groups excluding carboxylic acids is 1. The summed E-state index contributed by atoms with van der Waals surface area (Å²) in [4.78, 5) is 17.4. The van der Waals surface area contributed by atoms with Gasteiger partial charge in [0.1, 0.15) is 17.3 Å². The molecule has 2 N–H and O–H groups in total. The first kappa shape index (κ1) is 13.4. The molecule has 0 saturated heterocycles. The highest BCUT2D eigenvalue weighted by Crippen LogP contribution is 2.18. The number of aromatic nitrogens is 1. The van der Waals surface area contributed by atoms with Crippen LogP contribution in [0.25, 0.3) is 0 Å². The van der Waals surface area contributed by atoms with Crippen molar-refractivity contribution in [2.45, 2.75) is 6.54 Å². The molecule has 0 saturated carbocycles. The molecular weight excluding hydrogens is 272 g/mol. The van der Waals surface area contributed by atoms with Gasteiger partial charge in [-0.05, 0) is 12.1 Å². The third-order valence-corrected chi connectivity index (χ3v) is 3.19. The molecule has 7 heteroatoms. The maximum absolute atomic E-state index is 13.3. The van der Waals surface area contributed by atoms with E-state index >= 15 is 0 Å². The predicted octanol–water partition coefficient (Wildman–Crippen LogP) is 2.28. The van der Waals surface area contributed by atoms with Crippen LogP contribution in [0.15, 0.2) is 23.0 Å². The number of hydrogen-bond acceptors (Lipinski definition) is 4. The van der Waals surface area contributed by atoms with E-state index in [1.165, 1.54) is 23.3 Å². The van der Waals surface area contributed by atoms with Crippen LogP contribution in [-0.2, 0) is 6.54 Å². The smallest absolute Gasteiger partial charge is 0.254 e. The first-order valence-electron chi connectivity index (χ1n) is 5.36. The number of nitrogens with zero attached hydrogens (tertiary/aromatic N) is 2. The Balaban J connectivity index is 2.19. The average Bonchev–Trinajstić information content (AvgIpc) is 2.87. The van der Waals surface area contributed by atoms with E-state index < -0.39 is 23.2 Å². The number of amides is 1. The fourth-order valence-corrected chi connectivity index (χ4v) is 2.11. The normalized spacial score (nSPS) is 10.5. The minimum absolute atomic E-state index is 0.0815. The number of benzene rings is 1. The number of nitrogens with two attached hydrogens (primary N) is 1. The van der Waals surface area contributed by atoms with Crippen molar-refractivity contribution in [1.29, 1.82) is 0 Å². The quantitative estimate of drug-likeness (QED) is 0.879. The van der Waals surface area contributed by atoms with E-state index in [4.69, 9.17) is 5.73 Å². The third kappa shape index (κ3) is 2.87. The van der Waals surface area contributed by atoms with Gasteiger partial charge in [0.25, 0.3) is 5.91 Å². The molecule has 0 aliphatic carbocycles. The standard InChI is InChI=1S/C12H11F2N3OS/c1-17(4-8-5-19-6-16-8)12(18)7-2-9(13)11(15)10(14)3-7/h2-3,5-6H,4,15H2,1H3. The summed E-state index contributed by atoms with van der Waals surface area (Å²) in [5.41, 5.74) is 6.86. The Morgan fingerprint density at radius 3 is 2.58 bits per heavy atom. The fraction of sp³-hybridized carbons (Fsp3) is 0.167. The average molecular weight is 283 g/mol. The number of carbonyl (C=O) groups is 1. The molecule has 19 heavy (non-hydrogen) atoms. The lowest BCUT2D eigenvalue weighted by atomic mass is 10.1. The summed E-state index contributed by atoms with van der Waals surface area (Å²) >= 11 is 1.41. The first-order chi connectivity index (χ1) is 8.99. The van der Waals surface area contributed by atoms with Gasteiger partial charge in [0.15, 0.2) is 0 Å². The van der Waals surface area contributed by atoms with Gasteiger partial charge in [0, 0.05) is 18.0 Å². The van der Waals surface area contributed by atoms with Crippen LogP contribution in [-0.4, -0.2) is 22.8 Å². The predicted molar refractivity (Wildman–Crippen MR) is 68.7 cm³/mol. The van der Waals surface area contributed by atoms with Gasteiger partial charge in [-0.1, -0.05) is 0 Å². The van der Waals surface area contributed by atoms with Crippen LogP contribution in [0.5, 0.6) is 0 Å². The van der Waals surface area contributed by atoms with Crippen LogP contribution in [0.4, 0.5) is 14.5 Å². The molecular formula is C12H11F2N3OS. The molecule has 2 aromatic rings. The highest BCUT2D eigenvalue weighted by molar-refractivity contribution is 7.07. The summed E-state index contributed by atoms with van der Waals surface area (Å²) in [6, 6.07) is 1.86. The Labute approximate surface area is 112 Å². The first-order valence-corrected chi connectivity index (χ1v) is 6.30. The van der Waals surface area contributed by atoms with Crippen LogP contribution >= 0.6 is 11.3 Å². The summed E-state index contributed by atoms with van der Waals surface area (Å²) in [6.07, 6.45) is 0. The van der Waals surface area contributed by atoms with E-state index in [-0.39, 0.29) is 12.1 Å². The van der Waals surface area contributed by atoms with Crippen molar-refractivity contribution in [3.05, 3.63) is 45.9 Å². The monoisotopic (exact) mass is 283 g/mol. The second-order valence-electron chi connectivity index (χ2n) is 3.99. The van der Waals surface area contributed by atoms with Gasteiger partial charge in [-0.3, -0.25) is 4.79 Å². The Bertz CT molecular complexity index is 578. The van der Waals surface area contributed by atoms with E-state index in [0.29, 0.717) is 0 Å². The van der Waals surface area contributed by atoms with Crippen molar-refractivity contribution < 1.29 is 13.6 Å². The molecule has 1 aromatic heterocycles. The van der Waals surface area contributed by atoms with E-state index in [0.717, 1.165) is 17.8 Å². The van der Waals surface area contributed by atoms with Gasteiger partial charge in [-0.2, -0.15) is 0 Å². The van der Waals surface area contributed by atoms with Gasteiger partial charge in [0.05, 0.1) is 17.7 Å². The molecule has 1 aromatic carbocycles. The molecule has 0 aliphatic rings. The number of halogens is 2. The minimum atomic E-state index is -0.939. The van der Waals surface area contributed by atoms with Crippen molar-refractivity contribution in [3.63, 3.8) is 0 Å². The molecule has 4 nitrogen and oxygen atoms in total. The van der Waals surface area contributed by atoms with Crippen LogP contribution in [0.3, 0.4) is 0 Å². The highest BCUT2D eigenvalue weighted by atomic mass is 32.1. The fourth-order valence-electron chi connectivity index (χ4n) is 1.56. The topological polar surface area (TPSA) is 59.2 Å².